The second-order valence-corrected chi connectivity index (χ2v) is 4.59. The number of carbonyl (C=O) groups excluding carboxylic acids is 1. The third-order valence-corrected chi connectivity index (χ3v) is 3.39. The molecular weight excluding hydrogens is 232 g/mol. The molecule has 2 unspecified atom stereocenters. The highest BCUT2D eigenvalue weighted by atomic mass is 16.3. The van der Waals surface area contributed by atoms with Crippen LogP contribution in [0.5, 0.6) is 0 Å². The maximum absolute atomic E-state index is 11.6. The van der Waals surface area contributed by atoms with E-state index in [-0.39, 0.29) is 12.5 Å². The average Bonchev–Trinajstić information content (AvgIpc) is 2.41. The Morgan fingerprint density at radius 1 is 1.39 bits per heavy atom. The van der Waals surface area contributed by atoms with Crippen LogP contribution in [-0.2, 0) is 11.2 Å². The lowest BCUT2D eigenvalue weighted by atomic mass is 9.95. The Hall–Kier alpha value is -1.43. The van der Waals surface area contributed by atoms with E-state index in [2.05, 4.69) is 0 Å². The number of nitrogens with zero attached hydrogens (tertiary/aromatic N) is 1. The molecule has 0 aromatic heterocycles. The van der Waals surface area contributed by atoms with Crippen molar-refractivity contribution in [2.45, 2.75) is 25.0 Å². The van der Waals surface area contributed by atoms with Gasteiger partial charge >= 0.3 is 0 Å². The van der Waals surface area contributed by atoms with Crippen LogP contribution < -0.4 is 10.6 Å². The zero-order valence-corrected chi connectivity index (χ0v) is 10.3. The van der Waals surface area contributed by atoms with Crippen LogP contribution in [0.25, 0.3) is 0 Å². The fourth-order valence-corrected chi connectivity index (χ4v) is 2.21. The van der Waals surface area contributed by atoms with Crippen LogP contribution in [0.15, 0.2) is 18.2 Å². The first-order valence-corrected chi connectivity index (χ1v) is 6.00. The Bertz CT molecular complexity index is 462. The molecule has 1 aliphatic rings. The summed E-state index contributed by atoms with van der Waals surface area (Å²) in [6.45, 7) is 0.0106. The van der Waals surface area contributed by atoms with Crippen molar-refractivity contribution in [2.24, 2.45) is 5.73 Å². The topological polar surface area (TPSA) is 86.8 Å². The van der Waals surface area contributed by atoms with Gasteiger partial charge in [0.05, 0.1) is 6.10 Å². The number of aryl methyl sites for hydroxylation is 1. The molecule has 0 saturated heterocycles. The largest absolute Gasteiger partial charge is 0.389 e. The summed E-state index contributed by atoms with van der Waals surface area (Å²) >= 11 is 0. The minimum Gasteiger partial charge on any atom is -0.389 e. The van der Waals surface area contributed by atoms with Crippen molar-refractivity contribution in [3.63, 3.8) is 0 Å². The summed E-state index contributed by atoms with van der Waals surface area (Å²) in [5.41, 5.74) is 7.84. The predicted molar refractivity (Wildman–Crippen MR) is 68.2 cm³/mol. The molecule has 5 heteroatoms. The first-order valence-electron chi connectivity index (χ1n) is 6.00. The van der Waals surface area contributed by atoms with Crippen molar-refractivity contribution < 1.29 is 15.0 Å². The van der Waals surface area contributed by atoms with Crippen molar-refractivity contribution >= 4 is 11.6 Å². The molecule has 1 aliphatic heterocycles. The molecule has 1 aromatic rings. The average molecular weight is 250 g/mol. The van der Waals surface area contributed by atoms with E-state index in [1.54, 1.807) is 24.1 Å². The minimum absolute atomic E-state index is 0.0106. The summed E-state index contributed by atoms with van der Waals surface area (Å²) < 4.78 is 0. The molecule has 4 N–H and O–H groups in total. The van der Waals surface area contributed by atoms with E-state index >= 15 is 0 Å². The van der Waals surface area contributed by atoms with E-state index in [0.29, 0.717) is 18.4 Å². The monoisotopic (exact) mass is 250 g/mol. The van der Waals surface area contributed by atoms with Gasteiger partial charge in [0.2, 0.25) is 5.91 Å². The van der Waals surface area contributed by atoms with Crippen LogP contribution in [0, 0.1) is 0 Å². The highest BCUT2D eigenvalue weighted by Gasteiger charge is 2.23. The number of nitrogens with two attached hydrogens (primary N) is 1. The van der Waals surface area contributed by atoms with E-state index < -0.39 is 12.2 Å². The third-order valence-electron chi connectivity index (χ3n) is 3.39. The lowest BCUT2D eigenvalue weighted by Gasteiger charge is -2.27. The Morgan fingerprint density at radius 3 is 2.78 bits per heavy atom. The summed E-state index contributed by atoms with van der Waals surface area (Å²) in [4.78, 5) is 13.2. The second-order valence-electron chi connectivity index (χ2n) is 4.59. The number of hydrogen-bond donors (Lipinski definition) is 3. The fraction of sp³-hybridized carbons (Fsp3) is 0.462. The van der Waals surface area contributed by atoms with Crippen LogP contribution in [0.2, 0.25) is 0 Å². The normalized spacial score (nSPS) is 18.4. The molecular formula is C13H18N2O3. The summed E-state index contributed by atoms with van der Waals surface area (Å²) in [5, 5.41) is 19.4. The van der Waals surface area contributed by atoms with E-state index in [4.69, 9.17) is 5.73 Å². The summed E-state index contributed by atoms with van der Waals surface area (Å²) in [6.07, 6.45) is -0.811. The number of rotatable bonds is 3. The molecule has 5 nitrogen and oxygen atoms in total. The number of aliphatic hydroxyl groups is 2. The molecule has 0 bridgehead atoms. The maximum atomic E-state index is 11.6. The minimum atomic E-state index is -0.983. The Morgan fingerprint density at radius 2 is 2.11 bits per heavy atom. The number of benzene rings is 1. The van der Waals surface area contributed by atoms with Gasteiger partial charge in [-0.1, -0.05) is 12.1 Å². The van der Waals surface area contributed by atoms with Gasteiger partial charge in [-0.05, 0) is 23.6 Å². The van der Waals surface area contributed by atoms with Crippen LogP contribution in [0.3, 0.4) is 0 Å². The fourth-order valence-electron chi connectivity index (χ4n) is 2.21. The van der Waals surface area contributed by atoms with Gasteiger partial charge in [0, 0.05) is 25.7 Å². The summed E-state index contributed by atoms with van der Waals surface area (Å²) in [7, 11) is 1.74. The third kappa shape index (κ3) is 2.25. The van der Waals surface area contributed by atoms with Crippen LogP contribution in [-0.4, -0.2) is 35.8 Å². The SMILES string of the molecule is CN1C(=O)CCc2cc(C(O)C(O)CN)ccc21. The quantitative estimate of drug-likeness (QED) is 0.702. The number of carbonyl (C=O) groups is 1. The van der Waals surface area contributed by atoms with E-state index in [0.717, 1.165) is 11.3 Å². The van der Waals surface area contributed by atoms with Gasteiger partial charge in [0.15, 0.2) is 0 Å². The molecule has 1 heterocycles. The van der Waals surface area contributed by atoms with Crippen molar-refractivity contribution in [2.75, 3.05) is 18.5 Å². The molecule has 0 radical (unpaired) electrons. The molecule has 18 heavy (non-hydrogen) atoms. The zero-order chi connectivity index (χ0) is 13.3. The van der Waals surface area contributed by atoms with Gasteiger partial charge < -0.3 is 20.8 Å². The maximum Gasteiger partial charge on any atom is 0.227 e. The second kappa shape index (κ2) is 5.06. The number of fused-ring (bicyclic) bond motifs is 1. The summed E-state index contributed by atoms with van der Waals surface area (Å²) in [6, 6.07) is 5.35. The Balaban J connectivity index is 2.31. The summed E-state index contributed by atoms with van der Waals surface area (Å²) in [5.74, 6) is 0.0952. The number of amides is 1. The number of aliphatic hydroxyl groups excluding tert-OH is 2. The van der Waals surface area contributed by atoms with Gasteiger partial charge in [0.1, 0.15) is 6.10 Å². The number of hydrogen-bond acceptors (Lipinski definition) is 4. The smallest absolute Gasteiger partial charge is 0.227 e. The van der Waals surface area contributed by atoms with Gasteiger partial charge in [0.25, 0.3) is 0 Å². The zero-order valence-electron chi connectivity index (χ0n) is 10.3. The van der Waals surface area contributed by atoms with Gasteiger partial charge in [-0.15, -0.1) is 0 Å². The molecule has 0 spiro atoms. The highest BCUT2D eigenvalue weighted by Crippen LogP contribution is 2.30. The number of anilines is 1. The molecule has 1 amide bonds. The Labute approximate surface area is 106 Å². The van der Waals surface area contributed by atoms with Crippen LogP contribution >= 0.6 is 0 Å². The predicted octanol–water partition coefficient (Wildman–Crippen LogP) is -0.0514. The Kier molecular flexibility index (Phi) is 3.65. The van der Waals surface area contributed by atoms with E-state index in [1.165, 1.54) is 0 Å². The highest BCUT2D eigenvalue weighted by molar-refractivity contribution is 5.95. The lowest BCUT2D eigenvalue weighted by Crippen LogP contribution is -2.31. The lowest BCUT2D eigenvalue weighted by molar-refractivity contribution is -0.118. The van der Waals surface area contributed by atoms with Crippen molar-refractivity contribution in [1.82, 2.24) is 0 Å². The van der Waals surface area contributed by atoms with Crippen molar-refractivity contribution in [3.05, 3.63) is 29.3 Å². The van der Waals surface area contributed by atoms with E-state index in [9.17, 15) is 15.0 Å². The molecule has 1 aromatic carbocycles. The van der Waals surface area contributed by atoms with Crippen molar-refractivity contribution in [1.29, 1.82) is 0 Å². The molecule has 98 valence electrons. The van der Waals surface area contributed by atoms with Crippen molar-refractivity contribution in [3.8, 4) is 0 Å². The molecule has 0 fully saturated rings. The molecule has 2 atom stereocenters. The molecule has 0 saturated carbocycles. The molecule has 0 aliphatic carbocycles. The van der Waals surface area contributed by atoms with Gasteiger partial charge in [-0.3, -0.25) is 4.79 Å². The van der Waals surface area contributed by atoms with Gasteiger partial charge in [-0.25, -0.2) is 0 Å². The van der Waals surface area contributed by atoms with Crippen LogP contribution in [0.4, 0.5) is 5.69 Å². The van der Waals surface area contributed by atoms with Gasteiger partial charge in [-0.2, -0.15) is 0 Å². The standard InChI is InChI=1S/C13H18N2O3/c1-15-10-4-2-9(13(18)11(16)7-14)6-8(10)3-5-12(15)17/h2,4,6,11,13,16,18H,3,5,7,14H2,1H3. The first-order chi connectivity index (χ1) is 8.54. The first kappa shape index (κ1) is 13.0. The van der Waals surface area contributed by atoms with E-state index in [1.807, 2.05) is 6.07 Å². The van der Waals surface area contributed by atoms with Crippen LogP contribution in [0.1, 0.15) is 23.7 Å². The molecule has 2 rings (SSSR count).